The van der Waals surface area contributed by atoms with Crippen LogP contribution >= 0.6 is 0 Å². The number of amides is 1. The quantitative estimate of drug-likeness (QED) is 0.901. The highest BCUT2D eigenvalue weighted by molar-refractivity contribution is 5.90. The van der Waals surface area contributed by atoms with Crippen molar-refractivity contribution in [1.82, 2.24) is 19.7 Å². The van der Waals surface area contributed by atoms with Crippen LogP contribution in [0, 0.1) is 5.92 Å². The van der Waals surface area contributed by atoms with Crippen molar-refractivity contribution < 1.29 is 4.79 Å². The van der Waals surface area contributed by atoms with Crippen molar-refractivity contribution in [2.45, 2.75) is 38.5 Å². The van der Waals surface area contributed by atoms with Gasteiger partial charge in [-0.25, -0.2) is 9.67 Å². The maximum atomic E-state index is 12.0. The number of carbonyl (C=O) groups excluding carboxylic acids is 1. The van der Waals surface area contributed by atoms with Crippen LogP contribution in [-0.4, -0.2) is 25.7 Å². The van der Waals surface area contributed by atoms with E-state index in [9.17, 15) is 9.59 Å². The van der Waals surface area contributed by atoms with Crippen LogP contribution in [0.1, 0.15) is 38.5 Å². The molecule has 0 radical (unpaired) electrons. The molecule has 0 aromatic carbocycles. The topological polar surface area (TPSA) is 92.7 Å². The highest BCUT2D eigenvalue weighted by atomic mass is 16.2. The Bertz CT molecular complexity index is 686. The molecule has 0 saturated heterocycles. The molecule has 0 atom stereocenters. The lowest BCUT2D eigenvalue weighted by atomic mass is 9.87. The first-order chi connectivity index (χ1) is 10.7. The van der Waals surface area contributed by atoms with E-state index in [1.54, 1.807) is 18.5 Å². The molecular weight excluding hydrogens is 282 g/mol. The highest BCUT2D eigenvalue weighted by Gasteiger charge is 2.17. The van der Waals surface area contributed by atoms with Crippen LogP contribution < -0.4 is 10.9 Å². The molecule has 22 heavy (non-hydrogen) atoms. The normalized spacial score (nSPS) is 15.6. The molecule has 2 heterocycles. The minimum absolute atomic E-state index is 0.119. The minimum Gasteiger partial charge on any atom is -0.320 e. The first kappa shape index (κ1) is 14.5. The van der Waals surface area contributed by atoms with Gasteiger partial charge in [-0.15, -0.1) is 0 Å². The third kappa shape index (κ3) is 3.41. The molecule has 1 aliphatic carbocycles. The van der Waals surface area contributed by atoms with Gasteiger partial charge in [0.1, 0.15) is 5.69 Å². The van der Waals surface area contributed by atoms with Gasteiger partial charge in [0.15, 0.2) is 0 Å². The van der Waals surface area contributed by atoms with Gasteiger partial charge in [-0.3, -0.25) is 14.6 Å². The van der Waals surface area contributed by atoms with Crippen molar-refractivity contribution >= 4 is 11.6 Å². The smallest absolute Gasteiger partial charge is 0.276 e. The predicted octanol–water partition coefficient (Wildman–Crippen LogP) is 1.86. The summed E-state index contributed by atoms with van der Waals surface area (Å²) in [5.41, 5.74) is -0.200. The zero-order chi connectivity index (χ0) is 15.4. The molecule has 1 saturated carbocycles. The standard InChI is InChI=1S/C15H19N5O2/c21-13(9-11-5-2-1-3-6-11)18-12-10-16-15(19-14(12)22)20-8-4-7-17-20/h4,7-8,10-11H,1-3,5-6,9H2,(H,18,21)(H,16,19,22). The minimum atomic E-state index is -0.377. The van der Waals surface area contributed by atoms with Crippen LogP contribution in [0.2, 0.25) is 0 Å². The van der Waals surface area contributed by atoms with Crippen LogP contribution in [0.3, 0.4) is 0 Å². The summed E-state index contributed by atoms with van der Waals surface area (Å²) in [6, 6.07) is 1.74. The van der Waals surface area contributed by atoms with Gasteiger partial charge in [0, 0.05) is 18.8 Å². The Morgan fingerprint density at radius 3 is 2.86 bits per heavy atom. The monoisotopic (exact) mass is 301 g/mol. The molecule has 0 bridgehead atoms. The molecule has 0 spiro atoms. The van der Waals surface area contributed by atoms with Gasteiger partial charge in [-0.2, -0.15) is 5.10 Å². The van der Waals surface area contributed by atoms with Crippen molar-refractivity contribution in [3.63, 3.8) is 0 Å². The Kier molecular flexibility index (Phi) is 4.32. The van der Waals surface area contributed by atoms with Crippen molar-refractivity contribution in [3.8, 4) is 5.95 Å². The van der Waals surface area contributed by atoms with E-state index < -0.39 is 0 Å². The highest BCUT2D eigenvalue weighted by Crippen LogP contribution is 2.26. The lowest BCUT2D eigenvalue weighted by Gasteiger charge is -2.20. The van der Waals surface area contributed by atoms with Gasteiger partial charge in [0.05, 0.1) is 6.20 Å². The van der Waals surface area contributed by atoms with Gasteiger partial charge < -0.3 is 5.32 Å². The van der Waals surface area contributed by atoms with E-state index >= 15 is 0 Å². The zero-order valence-corrected chi connectivity index (χ0v) is 12.3. The van der Waals surface area contributed by atoms with Crippen molar-refractivity contribution in [2.75, 3.05) is 5.32 Å². The summed E-state index contributed by atoms with van der Waals surface area (Å²) in [5, 5.41) is 6.65. The molecule has 1 aliphatic rings. The first-order valence-corrected chi connectivity index (χ1v) is 7.61. The van der Waals surface area contributed by atoms with E-state index in [1.807, 2.05) is 0 Å². The average Bonchev–Trinajstić information content (AvgIpc) is 3.04. The molecule has 3 rings (SSSR count). The molecule has 0 unspecified atom stereocenters. The second-order valence-electron chi connectivity index (χ2n) is 5.66. The van der Waals surface area contributed by atoms with E-state index in [4.69, 9.17) is 0 Å². The summed E-state index contributed by atoms with van der Waals surface area (Å²) in [4.78, 5) is 30.8. The zero-order valence-electron chi connectivity index (χ0n) is 12.3. The second-order valence-corrected chi connectivity index (χ2v) is 5.66. The van der Waals surface area contributed by atoms with Gasteiger partial charge in [0.25, 0.3) is 5.56 Å². The summed E-state index contributed by atoms with van der Waals surface area (Å²) in [6.45, 7) is 0. The van der Waals surface area contributed by atoms with E-state index in [0.29, 0.717) is 18.3 Å². The third-order valence-electron chi connectivity index (χ3n) is 3.98. The van der Waals surface area contributed by atoms with Crippen LogP contribution in [-0.2, 0) is 4.79 Å². The Labute approximate surface area is 127 Å². The fraction of sp³-hybridized carbons (Fsp3) is 0.467. The maximum absolute atomic E-state index is 12.0. The Balaban J connectivity index is 1.65. The summed E-state index contributed by atoms with van der Waals surface area (Å²) in [5.74, 6) is 0.635. The third-order valence-corrected chi connectivity index (χ3v) is 3.98. The molecule has 7 nitrogen and oxygen atoms in total. The van der Waals surface area contributed by atoms with Gasteiger partial charge >= 0.3 is 0 Å². The molecule has 2 aromatic rings. The number of hydrogen-bond donors (Lipinski definition) is 2. The molecule has 116 valence electrons. The fourth-order valence-electron chi connectivity index (χ4n) is 2.84. The summed E-state index contributed by atoms with van der Waals surface area (Å²) >= 11 is 0. The number of hydrogen-bond acceptors (Lipinski definition) is 4. The molecular formula is C15H19N5O2. The predicted molar refractivity (Wildman–Crippen MR) is 81.8 cm³/mol. The number of H-pyrrole nitrogens is 1. The molecule has 2 N–H and O–H groups in total. The molecule has 2 aromatic heterocycles. The van der Waals surface area contributed by atoms with E-state index in [-0.39, 0.29) is 17.2 Å². The molecule has 1 fully saturated rings. The first-order valence-electron chi connectivity index (χ1n) is 7.61. The second kappa shape index (κ2) is 6.55. The summed E-state index contributed by atoms with van der Waals surface area (Å²) in [6.07, 6.45) is 11.0. The Hall–Kier alpha value is -2.44. The summed E-state index contributed by atoms with van der Waals surface area (Å²) < 4.78 is 1.45. The number of aromatic amines is 1. The van der Waals surface area contributed by atoms with Crippen molar-refractivity contribution in [2.24, 2.45) is 5.92 Å². The summed E-state index contributed by atoms with van der Waals surface area (Å²) in [7, 11) is 0. The maximum Gasteiger partial charge on any atom is 0.276 e. The number of rotatable bonds is 4. The van der Waals surface area contributed by atoms with Crippen LogP contribution in [0.15, 0.2) is 29.5 Å². The van der Waals surface area contributed by atoms with Gasteiger partial charge in [-0.1, -0.05) is 19.3 Å². The number of nitrogens with zero attached hydrogens (tertiary/aromatic N) is 3. The van der Waals surface area contributed by atoms with Crippen LogP contribution in [0.4, 0.5) is 5.69 Å². The number of carbonyl (C=O) groups is 1. The average molecular weight is 301 g/mol. The lowest BCUT2D eigenvalue weighted by Crippen LogP contribution is -2.24. The van der Waals surface area contributed by atoms with E-state index in [2.05, 4.69) is 20.4 Å². The molecule has 1 amide bonds. The number of anilines is 1. The lowest BCUT2D eigenvalue weighted by molar-refractivity contribution is -0.117. The fourth-order valence-corrected chi connectivity index (χ4v) is 2.84. The molecule has 7 heteroatoms. The SMILES string of the molecule is O=C(CC1CCCCC1)Nc1cnc(-n2cccn2)[nH]c1=O. The van der Waals surface area contributed by atoms with Crippen LogP contribution in [0.25, 0.3) is 5.95 Å². The largest absolute Gasteiger partial charge is 0.320 e. The Morgan fingerprint density at radius 1 is 1.36 bits per heavy atom. The van der Waals surface area contributed by atoms with Crippen molar-refractivity contribution in [3.05, 3.63) is 35.0 Å². The van der Waals surface area contributed by atoms with Crippen LogP contribution in [0.5, 0.6) is 0 Å². The van der Waals surface area contributed by atoms with Gasteiger partial charge in [0.2, 0.25) is 11.9 Å². The Morgan fingerprint density at radius 2 is 2.18 bits per heavy atom. The number of aromatic nitrogens is 4. The number of nitrogens with one attached hydrogen (secondary N) is 2. The van der Waals surface area contributed by atoms with Gasteiger partial charge in [-0.05, 0) is 24.8 Å². The van der Waals surface area contributed by atoms with Crippen molar-refractivity contribution in [1.29, 1.82) is 0 Å². The van der Waals surface area contributed by atoms with E-state index in [0.717, 1.165) is 12.8 Å². The molecule has 0 aliphatic heterocycles. The van der Waals surface area contributed by atoms with E-state index in [1.165, 1.54) is 30.1 Å².